The van der Waals surface area contributed by atoms with Gasteiger partial charge < -0.3 is 59.7 Å². The smallest absolute Gasteiger partial charge is 0.242 e. The second-order valence-electron chi connectivity index (χ2n) is 14.3. The van der Waals surface area contributed by atoms with Crippen LogP contribution >= 0.6 is 6.49 Å². The summed E-state index contributed by atoms with van der Waals surface area (Å²) in [6.07, 6.45) is 2.37. The number of carbonyl (C=O) groups excluding carboxylic acids is 5. The standard InChI is InChI=1S/C36H68N5O12PS/c1-7-19-50-20-16-37-31(42)14-12-29(34(45)38-17-21-51-25-23-48-5)40-32(43)15-13-30(35(46)39-18-22-52-26-24-49-6)41-33(44)27-8-10-28(11-9-27)53-54(47,55)36(2,3)4/h27-30H,7-26H2,1-6H3,(H,37,42)(H,38,45)(H,39,46)(H,40,43)(H,41,44)(H,47,55). The number of carbonyl (C=O) groups is 5. The van der Waals surface area contributed by atoms with E-state index in [9.17, 15) is 28.9 Å². The second-order valence-corrected chi connectivity index (χ2v) is 18.4. The first-order chi connectivity index (χ1) is 26.1. The Kier molecular flexibility index (Phi) is 26.8. The zero-order valence-electron chi connectivity index (χ0n) is 33.7. The van der Waals surface area contributed by atoms with Crippen LogP contribution in [-0.4, -0.2) is 144 Å². The van der Waals surface area contributed by atoms with Gasteiger partial charge in [0, 0.05) is 64.4 Å². The lowest BCUT2D eigenvalue weighted by atomic mass is 9.86. The number of rotatable bonds is 30. The topological polar surface area (TPSA) is 221 Å². The lowest BCUT2D eigenvalue weighted by Crippen LogP contribution is -2.51. The Labute approximate surface area is 332 Å². The normalized spacial score (nSPS) is 18.0. The second kappa shape index (κ2) is 29.0. The van der Waals surface area contributed by atoms with Gasteiger partial charge in [0.05, 0.1) is 52.4 Å². The maximum atomic E-state index is 13.4. The van der Waals surface area contributed by atoms with Crippen LogP contribution in [0.2, 0.25) is 0 Å². The molecule has 0 aromatic carbocycles. The van der Waals surface area contributed by atoms with Gasteiger partial charge in [0.2, 0.25) is 29.5 Å². The predicted molar refractivity (Wildman–Crippen MR) is 211 cm³/mol. The van der Waals surface area contributed by atoms with Crippen LogP contribution < -0.4 is 26.6 Å². The minimum absolute atomic E-state index is 0.0268. The summed E-state index contributed by atoms with van der Waals surface area (Å²) >= 11 is 5.39. The molecule has 1 aliphatic carbocycles. The zero-order chi connectivity index (χ0) is 41.1. The number of ether oxygens (including phenoxy) is 5. The molecule has 1 aliphatic rings. The number of hydrogen-bond donors (Lipinski definition) is 6. The van der Waals surface area contributed by atoms with Crippen LogP contribution in [0.1, 0.15) is 85.5 Å². The highest BCUT2D eigenvalue weighted by atomic mass is 32.5. The maximum absolute atomic E-state index is 13.4. The molecule has 0 spiro atoms. The van der Waals surface area contributed by atoms with E-state index in [0.29, 0.717) is 71.9 Å². The Morgan fingerprint density at radius 1 is 0.691 bits per heavy atom. The summed E-state index contributed by atoms with van der Waals surface area (Å²) in [7, 11) is 3.11. The van der Waals surface area contributed by atoms with E-state index >= 15 is 0 Å². The summed E-state index contributed by atoms with van der Waals surface area (Å²) in [5, 5.41) is 13.2. The monoisotopic (exact) mass is 825 g/mol. The lowest BCUT2D eigenvalue weighted by Gasteiger charge is -2.35. The maximum Gasteiger partial charge on any atom is 0.242 e. The van der Waals surface area contributed by atoms with Crippen molar-refractivity contribution in [2.75, 3.05) is 86.7 Å². The van der Waals surface area contributed by atoms with E-state index in [1.807, 2.05) is 27.7 Å². The molecule has 5 amide bonds. The quantitative estimate of drug-likeness (QED) is 0.0445. The van der Waals surface area contributed by atoms with Crippen molar-refractivity contribution in [3.8, 4) is 0 Å². The molecule has 6 N–H and O–H groups in total. The highest BCUT2D eigenvalue weighted by Crippen LogP contribution is 2.57. The molecule has 0 heterocycles. The first kappa shape index (κ1) is 50.7. The SMILES string of the molecule is CCCOCCNC(=O)CCC(NC(=O)CCC(NC(=O)C1CCC(OP(O)(=S)C(C)(C)C)CC1)C(=O)NCCOCCOC)C(=O)NCCOCCOC. The first-order valence-electron chi connectivity index (χ1n) is 19.3. The fourth-order valence-corrected chi connectivity index (χ4v) is 6.56. The molecule has 1 rings (SSSR count). The van der Waals surface area contributed by atoms with Crippen LogP contribution in [0.3, 0.4) is 0 Å². The average molecular weight is 826 g/mol. The molecule has 55 heavy (non-hydrogen) atoms. The Bertz CT molecular complexity index is 1190. The molecule has 0 aromatic heterocycles. The molecule has 17 nitrogen and oxygen atoms in total. The van der Waals surface area contributed by atoms with Crippen molar-refractivity contribution < 1.29 is 57.1 Å². The van der Waals surface area contributed by atoms with Crippen LogP contribution in [-0.2, 0) is 64.0 Å². The molecular formula is C36H68N5O12PS. The van der Waals surface area contributed by atoms with Crippen molar-refractivity contribution in [3.63, 3.8) is 0 Å². The van der Waals surface area contributed by atoms with Crippen molar-refractivity contribution in [1.29, 1.82) is 0 Å². The molecule has 0 aromatic rings. The number of methoxy groups -OCH3 is 2. The molecule has 0 radical (unpaired) electrons. The summed E-state index contributed by atoms with van der Waals surface area (Å²) in [6.45, 7) is 8.06. The minimum Gasteiger partial charge on any atom is -0.382 e. The molecule has 0 aliphatic heterocycles. The van der Waals surface area contributed by atoms with Crippen molar-refractivity contribution in [2.45, 2.75) is 109 Å². The summed E-state index contributed by atoms with van der Waals surface area (Å²) < 4.78 is 32.1. The molecule has 19 heteroatoms. The van der Waals surface area contributed by atoms with E-state index in [0.717, 1.165) is 6.42 Å². The molecular weight excluding hydrogens is 757 g/mol. The van der Waals surface area contributed by atoms with Gasteiger partial charge in [-0.15, -0.1) is 0 Å². The van der Waals surface area contributed by atoms with Crippen molar-refractivity contribution in [3.05, 3.63) is 0 Å². The Morgan fingerprint density at radius 2 is 1.16 bits per heavy atom. The Hall–Kier alpha value is -2.28. The van der Waals surface area contributed by atoms with E-state index in [4.69, 9.17) is 40.0 Å². The Morgan fingerprint density at radius 3 is 1.65 bits per heavy atom. The van der Waals surface area contributed by atoms with Crippen LogP contribution in [0.25, 0.3) is 0 Å². The third kappa shape index (κ3) is 22.9. The molecule has 0 bridgehead atoms. The van der Waals surface area contributed by atoms with Gasteiger partial charge in [0.25, 0.3) is 0 Å². The summed E-state index contributed by atoms with van der Waals surface area (Å²) in [5.41, 5.74) is 0. The predicted octanol–water partition coefficient (Wildman–Crippen LogP) is 1.29. The number of amides is 5. The van der Waals surface area contributed by atoms with Crippen molar-refractivity contribution in [1.82, 2.24) is 26.6 Å². The zero-order valence-corrected chi connectivity index (χ0v) is 35.5. The van der Waals surface area contributed by atoms with E-state index < -0.39 is 47.4 Å². The lowest BCUT2D eigenvalue weighted by molar-refractivity contribution is -0.133. The minimum atomic E-state index is -3.04. The van der Waals surface area contributed by atoms with Gasteiger partial charge >= 0.3 is 0 Å². The van der Waals surface area contributed by atoms with Crippen molar-refractivity contribution in [2.24, 2.45) is 5.92 Å². The average Bonchev–Trinajstić information content (AvgIpc) is 3.13. The van der Waals surface area contributed by atoms with Crippen LogP contribution in [0.4, 0.5) is 0 Å². The Balaban J connectivity index is 2.90. The van der Waals surface area contributed by atoms with Crippen LogP contribution in [0.15, 0.2) is 0 Å². The highest BCUT2D eigenvalue weighted by molar-refractivity contribution is 8.10. The summed E-state index contributed by atoms with van der Waals surface area (Å²) in [4.78, 5) is 76.3. The van der Waals surface area contributed by atoms with E-state index in [2.05, 4.69) is 26.6 Å². The summed E-state index contributed by atoms with van der Waals surface area (Å²) in [5.74, 6) is -2.53. The van der Waals surface area contributed by atoms with Gasteiger partial charge in [-0.05, 0) is 56.8 Å². The third-order valence-corrected chi connectivity index (χ3v) is 12.8. The van der Waals surface area contributed by atoms with Crippen molar-refractivity contribution >= 4 is 47.8 Å². The van der Waals surface area contributed by atoms with Gasteiger partial charge in [-0.1, -0.05) is 27.7 Å². The summed E-state index contributed by atoms with van der Waals surface area (Å²) in [6, 6.07) is -2.08. The molecule has 1 saturated carbocycles. The highest BCUT2D eigenvalue weighted by Gasteiger charge is 2.37. The van der Waals surface area contributed by atoms with E-state index in [1.54, 1.807) is 14.2 Å². The van der Waals surface area contributed by atoms with Gasteiger partial charge in [-0.3, -0.25) is 24.0 Å². The van der Waals surface area contributed by atoms with E-state index in [1.165, 1.54) is 0 Å². The number of hydrogen-bond acceptors (Lipinski definition) is 12. The van der Waals surface area contributed by atoms with Crippen LogP contribution in [0.5, 0.6) is 0 Å². The molecule has 3 atom stereocenters. The van der Waals surface area contributed by atoms with Gasteiger partial charge in [0.15, 0.2) is 6.49 Å². The molecule has 320 valence electrons. The van der Waals surface area contributed by atoms with Gasteiger partial charge in [-0.2, -0.15) is 0 Å². The van der Waals surface area contributed by atoms with E-state index in [-0.39, 0.29) is 69.9 Å². The largest absolute Gasteiger partial charge is 0.382 e. The third-order valence-electron chi connectivity index (χ3n) is 8.66. The fraction of sp³-hybridized carbons (Fsp3) is 0.861. The molecule has 1 fully saturated rings. The van der Waals surface area contributed by atoms with Gasteiger partial charge in [-0.25, -0.2) is 0 Å². The molecule has 0 saturated heterocycles. The first-order valence-corrected chi connectivity index (χ1v) is 22.0. The van der Waals surface area contributed by atoms with Crippen LogP contribution in [0, 0.1) is 5.92 Å². The number of nitrogens with one attached hydrogen (secondary N) is 5. The fourth-order valence-electron chi connectivity index (χ4n) is 5.26. The molecule has 3 unspecified atom stereocenters. The van der Waals surface area contributed by atoms with Gasteiger partial charge in [0.1, 0.15) is 12.1 Å².